The number of halogens is 3. The lowest BCUT2D eigenvalue weighted by atomic mass is 10.3. The molecule has 1 amide bonds. The quantitative estimate of drug-likeness (QED) is 0.830. The van der Waals surface area contributed by atoms with Crippen molar-refractivity contribution in [2.24, 2.45) is 0 Å². The largest absolute Gasteiger partial charge is 0.355 e. The molecule has 0 aromatic heterocycles. The van der Waals surface area contributed by atoms with Crippen molar-refractivity contribution in [2.75, 3.05) is 13.1 Å². The molecular weight excluding hydrogens is 346 g/mol. The van der Waals surface area contributed by atoms with E-state index in [1.165, 1.54) is 0 Å². The summed E-state index contributed by atoms with van der Waals surface area (Å²) in [4.78, 5) is 10.4. The van der Waals surface area contributed by atoms with Crippen LogP contribution < -0.4 is 10.0 Å². The normalized spacial score (nSPS) is 11.4. The molecule has 0 radical (unpaired) electrons. The fraction of sp³-hybridized carbons (Fsp3) is 0.300. The van der Waals surface area contributed by atoms with Crippen LogP contribution in [0.4, 0.5) is 8.78 Å². The van der Waals surface area contributed by atoms with Crippen LogP contribution >= 0.6 is 15.9 Å². The van der Waals surface area contributed by atoms with E-state index < -0.39 is 39.0 Å². The van der Waals surface area contributed by atoms with Crippen molar-refractivity contribution in [2.45, 2.75) is 11.8 Å². The van der Waals surface area contributed by atoms with E-state index in [2.05, 4.69) is 21.2 Å². The third-order valence-corrected chi connectivity index (χ3v) is 4.39. The highest BCUT2D eigenvalue weighted by atomic mass is 79.9. The van der Waals surface area contributed by atoms with Gasteiger partial charge in [-0.1, -0.05) is 0 Å². The summed E-state index contributed by atoms with van der Waals surface area (Å²) in [6.45, 7) is 1.48. The monoisotopic (exact) mass is 356 g/mol. The Morgan fingerprint density at radius 2 is 2.00 bits per heavy atom. The van der Waals surface area contributed by atoms with Crippen LogP contribution in [0.25, 0.3) is 0 Å². The van der Waals surface area contributed by atoms with Crippen LogP contribution in [0, 0.1) is 11.6 Å². The Morgan fingerprint density at radius 1 is 1.37 bits per heavy atom. The summed E-state index contributed by atoms with van der Waals surface area (Å²) in [5.74, 6) is -2.70. The molecule has 0 saturated carbocycles. The minimum Gasteiger partial charge on any atom is -0.355 e. The van der Waals surface area contributed by atoms with Gasteiger partial charge in [0.2, 0.25) is 15.9 Å². The second kappa shape index (κ2) is 6.40. The number of benzene rings is 1. The predicted octanol–water partition coefficient (Wildman–Crippen LogP) is 1.14. The average molecular weight is 357 g/mol. The summed E-state index contributed by atoms with van der Waals surface area (Å²) in [6.07, 6.45) is 0. The van der Waals surface area contributed by atoms with Gasteiger partial charge in [0.1, 0.15) is 16.5 Å². The fourth-order valence-corrected chi connectivity index (χ4v) is 3.42. The Morgan fingerprint density at radius 3 is 2.53 bits per heavy atom. The van der Waals surface area contributed by atoms with E-state index in [1.807, 2.05) is 4.72 Å². The van der Waals surface area contributed by atoms with Crippen LogP contribution in [0.3, 0.4) is 0 Å². The van der Waals surface area contributed by atoms with E-state index in [0.29, 0.717) is 12.6 Å². The van der Waals surface area contributed by atoms with Crippen LogP contribution in [0.2, 0.25) is 0 Å². The van der Waals surface area contributed by atoms with Gasteiger partial charge in [0.15, 0.2) is 0 Å². The lowest BCUT2D eigenvalue weighted by Gasteiger charge is -2.09. The Bertz CT molecular complexity index is 569. The van der Waals surface area contributed by atoms with Crippen molar-refractivity contribution in [1.82, 2.24) is 10.0 Å². The van der Waals surface area contributed by atoms with Gasteiger partial charge in [-0.05, 0) is 28.9 Å². The topological polar surface area (TPSA) is 75.3 Å². The molecule has 0 aliphatic rings. The molecule has 1 aromatic rings. The highest BCUT2D eigenvalue weighted by molar-refractivity contribution is 9.10. The van der Waals surface area contributed by atoms with Gasteiger partial charge in [-0.3, -0.25) is 4.79 Å². The number of nitrogens with one attached hydrogen (secondary N) is 2. The molecule has 0 spiro atoms. The number of hydrogen-bond donors (Lipinski definition) is 2. The van der Waals surface area contributed by atoms with Crippen molar-refractivity contribution < 1.29 is 22.0 Å². The van der Waals surface area contributed by atoms with Crippen molar-refractivity contribution in [3.8, 4) is 0 Å². The van der Waals surface area contributed by atoms with Crippen LogP contribution in [0.1, 0.15) is 6.92 Å². The van der Waals surface area contributed by atoms with E-state index in [-0.39, 0.29) is 4.47 Å². The Labute approximate surface area is 117 Å². The van der Waals surface area contributed by atoms with Gasteiger partial charge >= 0.3 is 0 Å². The van der Waals surface area contributed by atoms with Crippen LogP contribution in [-0.4, -0.2) is 27.4 Å². The number of amides is 1. The molecule has 0 heterocycles. The zero-order chi connectivity index (χ0) is 14.6. The van der Waals surface area contributed by atoms with Crippen molar-refractivity contribution in [1.29, 1.82) is 0 Å². The third-order valence-electron chi connectivity index (χ3n) is 2.03. The van der Waals surface area contributed by atoms with E-state index in [4.69, 9.17) is 0 Å². The Hall–Kier alpha value is -1.06. The molecule has 0 unspecified atom stereocenters. The lowest BCUT2D eigenvalue weighted by Crippen LogP contribution is -2.37. The summed E-state index contributed by atoms with van der Waals surface area (Å²) < 4.78 is 51.6. The maximum absolute atomic E-state index is 13.5. The SMILES string of the molecule is CCNC(=O)CNS(=O)(=O)c1c(F)cc(F)cc1Br. The molecule has 5 nitrogen and oxygen atoms in total. The third kappa shape index (κ3) is 4.22. The Balaban J connectivity index is 2.98. The van der Waals surface area contributed by atoms with Crippen LogP contribution in [0.5, 0.6) is 0 Å². The summed E-state index contributed by atoms with van der Waals surface area (Å²) in [7, 11) is -4.25. The first-order chi connectivity index (χ1) is 8.77. The van der Waals surface area contributed by atoms with Gasteiger partial charge in [0.05, 0.1) is 6.54 Å². The molecule has 0 atom stereocenters. The molecular formula is C10H11BrF2N2O3S. The predicted molar refractivity (Wildman–Crippen MR) is 67.9 cm³/mol. The maximum Gasteiger partial charge on any atom is 0.245 e. The number of sulfonamides is 1. The van der Waals surface area contributed by atoms with E-state index in [0.717, 1.165) is 6.07 Å². The molecule has 106 valence electrons. The van der Waals surface area contributed by atoms with E-state index >= 15 is 0 Å². The molecule has 19 heavy (non-hydrogen) atoms. The summed E-state index contributed by atoms with van der Waals surface area (Å²) >= 11 is 2.77. The number of carbonyl (C=O) groups is 1. The highest BCUT2D eigenvalue weighted by Gasteiger charge is 2.24. The maximum atomic E-state index is 13.5. The summed E-state index contributed by atoms with van der Waals surface area (Å²) in [5, 5.41) is 2.38. The van der Waals surface area contributed by atoms with Gasteiger partial charge in [0, 0.05) is 17.1 Å². The van der Waals surface area contributed by atoms with Crippen LogP contribution in [-0.2, 0) is 14.8 Å². The summed E-state index contributed by atoms with van der Waals surface area (Å²) in [6, 6.07) is 1.27. The van der Waals surface area contributed by atoms with Gasteiger partial charge in [-0.25, -0.2) is 21.9 Å². The number of likely N-dealkylation sites (N-methyl/N-ethyl adjacent to an activating group) is 1. The second-order valence-corrected chi connectivity index (χ2v) is 6.03. The first-order valence-electron chi connectivity index (χ1n) is 5.19. The zero-order valence-electron chi connectivity index (χ0n) is 9.84. The number of hydrogen-bond acceptors (Lipinski definition) is 3. The van der Waals surface area contributed by atoms with E-state index in [9.17, 15) is 22.0 Å². The molecule has 2 N–H and O–H groups in total. The highest BCUT2D eigenvalue weighted by Crippen LogP contribution is 2.25. The number of carbonyl (C=O) groups excluding carboxylic acids is 1. The number of rotatable bonds is 5. The minimum absolute atomic E-state index is 0.256. The standard InChI is InChI=1S/C10H11BrF2N2O3S/c1-2-14-9(16)5-15-19(17,18)10-7(11)3-6(12)4-8(10)13/h3-4,15H,2,5H2,1H3,(H,14,16). The van der Waals surface area contributed by atoms with Crippen molar-refractivity contribution in [3.63, 3.8) is 0 Å². The van der Waals surface area contributed by atoms with Gasteiger partial charge in [-0.2, -0.15) is 0 Å². The minimum atomic E-state index is -4.25. The lowest BCUT2D eigenvalue weighted by molar-refractivity contribution is -0.119. The van der Waals surface area contributed by atoms with Gasteiger partial charge in [-0.15, -0.1) is 0 Å². The first kappa shape index (κ1) is 16.0. The van der Waals surface area contributed by atoms with Crippen molar-refractivity contribution >= 4 is 31.9 Å². The molecule has 9 heteroatoms. The zero-order valence-corrected chi connectivity index (χ0v) is 12.2. The molecule has 0 saturated heterocycles. The van der Waals surface area contributed by atoms with Crippen LogP contribution in [0.15, 0.2) is 21.5 Å². The summed E-state index contributed by atoms with van der Waals surface area (Å²) in [5.41, 5.74) is 0. The second-order valence-electron chi connectivity index (χ2n) is 3.48. The van der Waals surface area contributed by atoms with Crippen molar-refractivity contribution in [3.05, 3.63) is 28.2 Å². The Kier molecular flexibility index (Phi) is 5.39. The molecule has 1 aromatic carbocycles. The fourth-order valence-electron chi connectivity index (χ4n) is 1.28. The molecule has 1 rings (SSSR count). The van der Waals surface area contributed by atoms with E-state index in [1.54, 1.807) is 6.92 Å². The van der Waals surface area contributed by atoms with Gasteiger partial charge < -0.3 is 5.32 Å². The molecule has 0 bridgehead atoms. The van der Waals surface area contributed by atoms with Gasteiger partial charge in [0.25, 0.3) is 0 Å². The molecule has 0 aliphatic carbocycles. The average Bonchev–Trinajstić information content (AvgIpc) is 2.25. The molecule has 0 fully saturated rings. The first-order valence-corrected chi connectivity index (χ1v) is 7.46. The smallest absolute Gasteiger partial charge is 0.245 e. The molecule has 0 aliphatic heterocycles.